The van der Waals surface area contributed by atoms with E-state index in [1.807, 2.05) is 6.92 Å². The molecule has 0 radical (unpaired) electrons. The summed E-state index contributed by atoms with van der Waals surface area (Å²) in [7, 11) is 1.49. The molecule has 7 nitrogen and oxygen atoms in total. The monoisotopic (exact) mass is 469 g/mol. The van der Waals surface area contributed by atoms with E-state index in [1.165, 1.54) is 19.2 Å². The van der Waals surface area contributed by atoms with Crippen LogP contribution in [0.5, 0.6) is 5.88 Å². The van der Waals surface area contributed by atoms with Crippen LogP contribution in [-0.2, 0) is 0 Å². The second-order valence-corrected chi connectivity index (χ2v) is 8.76. The van der Waals surface area contributed by atoms with Crippen molar-refractivity contribution in [1.82, 2.24) is 20.2 Å². The highest BCUT2D eigenvalue weighted by molar-refractivity contribution is 6.07. The number of carbonyl (C=O) groups is 1. The molecule has 0 saturated heterocycles. The predicted molar refractivity (Wildman–Crippen MR) is 134 cm³/mol. The van der Waals surface area contributed by atoms with Crippen molar-refractivity contribution in [2.75, 3.05) is 7.11 Å². The van der Waals surface area contributed by atoms with E-state index in [2.05, 4.69) is 35.1 Å². The molecule has 0 atom stereocenters. The zero-order chi connectivity index (χ0) is 24.9. The van der Waals surface area contributed by atoms with Gasteiger partial charge in [0, 0.05) is 16.3 Å². The number of fused-ring (bicyclic) bond motifs is 2. The Morgan fingerprint density at radius 3 is 2.51 bits per heavy atom. The van der Waals surface area contributed by atoms with Crippen LogP contribution in [0.3, 0.4) is 0 Å². The maximum atomic E-state index is 13.9. The molecule has 0 aliphatic heterocycles. The number of halogens is 1. The molecule has 0 aliphatic rings. The first-order valence-electron chi connectivity index (χ1n) is 11.2. The molecule has 5 rings (SSSR count). The fourth-order valence-corrected chi connectivity index (χ4v) is 4.63. The summed E-state index contributed by atoms with van der Waals surface area (Å²) in [5, 5.41) is 9.18. The minimum absolute atomic E-state index is 0.0443. The van der Waals surface area contributed by atoms with Crippen molar-refractivity contribution in [3.63, 3.8) is 0 Å². The minimum Gasteiger partial charge on any atom is -0.480 e. The molecule has 0 unspecified atom stereocenters. The third-order valence-electron chi connectivity index (χ3n) is 6.24. The van der Waals surface area contributed by atoms with Crippen LogP contribution in [0.25, 0.3) is 44.2 Å². The smallest absolute Gasteiger partial charge is 0.267 e. The maximum Gasteiger partial charge on any atom is 0.267 e. The van der Waals surface area contributed by atoms with E-state index < -0.39 is 5.91 Å². The number of H-pyrrole nitrogens is 1. The number of pyridine rings is 2. The lowest BCUT2D eigenvalue weighted by Gasteiger charge is -2.22. The van der Waals surface area contributed by atoms with Gasteiger partial charge in [0.05, 0.1) is 35.6 Å². The molecule has 2 aromatic carbocycles. The summed E-state index contributed by atoms with van der Waals surface area (Å²) in [5.41, 5.74) is 12.2. The molecule has 8 heteroatoms. The molecule has 0 bridgehead atoms. The van der Waals surface area contributed by atoms with Crippen LogP contribution in [0.1, 0.15) is 41.4 Å². The highest BCUT2D eigenvalue weighted by Crippen LogP contribution is 2.44. The van der Waals surface area contributed by atoms with Gasteiger partial charge in [-0.05, 0) is 59.9 Å². The molecule has 35 heavy (non-hydrogen) atoms. The number of nitrogens with one attached hydrogen (secondary N) is 1. The number of amides is 1. The third-order valence-corrected chi connectivity index (χ3v) is 6.24. The quantitative estimate of drug-likeness (QED) is 0.353. The first-order chi connectivity index (χ1) is 16.8. The van der Waals surface area contributed by atoms with E-state index in [-0.39, 0.29) is 23.3 Å². The minimum atomic E-state index is -0.644. The molecular weight excluding hydrogens is 445 g/mol. The average Bonchev–Trinajstić information content (AvgIpc) is 3.32. The number of aryl methyl sites for hydroxylation is 1. The largest absolute Gasteiger partial charge is 0.480 e. The average molecular weight is 470 g/mol. The highest BCUT2D eigenvalue weighted by Gasteiger charge is 2.25. The topological polar surface area (TPSA) is 107 Å². The molecule has 0 spiro atoms. The van der Waals surface area contributed by atoms with Crippen molar-refractivity contribution in [1.29, 1.82) is 0 Å². The van der Waals surface area contributed by atoms with E-state index in [4.69, 9.17) is 15.5 Å². The van der Waals surface area contributed by atoms with Gasteiger partial charge in [0.2, 0.25) is 5.88 Å². The molecule has 3 heterocycles. The van der Waals surface area contributed by atoms with Gasteiger partial charge in [0.25, 0.3) is 5.91 Å². The summed E-state index contributed by atoms with van der Waals surface area (Å²) in [5.74, 6) is -0.655. The van der Waals surface area contributed by atoms with Crippen LogP contribution in [0.15, 0.2) is 48.7 Å². The Balaban J connectivity index is 1.97. The first-order valence-corrected chi connectivity index (χ1v) is 11.2. The summed E-state index contributed by atoms with van der Waals surface area (Å²) in [6.45, 7) is 6.16. The van der Waals surface area contributed by atoms with Gasteiger partial charge in [0.1, 0.15) is 11.5 Å². The standard InChI is InChI=1S/C27H24FN5O2/c1-13(2)21-22(15-5-7-17(28)8-6-15)19-11-16-12-30-33-23(16)14(3)24(19)32-25(21)18-9-10-20(26(29)34)31-27(18)35-4/h5-13H,1-4H3,(H2,29,34)(H,30,33). The number of aromatic nitrogens is 4. The van der Waals surface area contributed by atoms with E-state index >= 15 is 0 Å². The Morgan fingerprint density at radius 2 is 1.86 bits per heavy atom. The molecule has 5 aromatic rings. The lowest BCUT2D eigenvalue weighted by molar-refractivity contribution is 0.0994. The number of methoxy groups -OCH3 is 1. The van der Waals surface area contributed by atoms with Gasteiger partial charge in [-0.1, -0.05) is 26.0 Å². The number of aromatic amines is 1. The first kappa shape index (κ1) is 22.5. The second kappa shape index (κ2) is 8.47. The van der Waals surface area contributed by atoms with Crippen LogP contribution >= 0.6 is 0 Å². The van der Waals surface area contributed by atoms with E-state index in [9.17, 15) is 9.18 Å². The van der Waals surface area contributed by atoms with Crippen molar-refractivity contribution in [3.8, 4) is 28.3 Å². The summed E-state index contributed by atoms with van der Waals surface area (Å²) < 4.78 is 19.4. The number of rotatable bonds is 5. The summed E-state index contributed by atoms with van der Waals surface area (Å²) in [4.78, 5) is 21.2. The number of nitrogens with zero attached hydrogens (tertiary/aromatic N) is 3. The lowest BCUT2D eigenvalue weighted by atomic mass is 9.85. The van der Waals surface area contributed by atoms with Crippen molar-refractivity contribution < 1.29 is 13.9 Å². The second-order valence-electron chi connectivity index (χ2n) is 8.76. The number of carbonyl (C=O) groups excluding carboxylic acids is 1. The Bertz CT molecular complexity index is 1610. The van der Waals surface area contributed by atoms with Crippen molar-refractivity contribution >= 4 is 27.7 Å². The SMILES string of the molecule is COc1nc(C(N)=O)ccc1-c1nc2c(C)c3[nH]ncc3cc2c(-c2ccc(F)cc2)c1C(C)C. The zero-order valence-electron chi connectivity index (χ0n) is 19.8. The van der Waals surface area contributed by atoms with Crippen LogP contribution < -0.4 is 10.5 Å². The number of benzene rings is 2. The van der Waals surface area contributed by atoms with Gasteiger partial charge in [0.15, 0.2) is 0 Å². The van der Waals surface area contributed by atoms with Crippen molar-refractivity contribution in [3.05, 3.63) is 71.3 Å². The molecule has 0 fully saturated rings. The van der Waals surface area contributed by atoms with Gasteiger partial charge in [-0.3, -0.25) is 9.89 Å². The summed E-state index contributed by atoms with van der Waals surface area (Å²) in [6.07, 6.45) is 1.79. The van der Waals surface area contributed by atoms with Crippen molar-refractivity contribution in [2.45, 2.75) is 26.7 Å². The molecule has 0 saturated carbocycles. The zero-order valence-corrected chi connectivity index (χ0v) is 19.8. The highest BCUT2D eigenvalue weighted by atomic mass is 19.1. The van der Waals surface area contributed by atoms with Gasteiger partial charge < -0.3 is 10.5 Å². The predicted octanol–water partition coefficient (Wildman–Crippen LogP) is 5.52. The van der Waals surface area contributed by atoms with Crippen LogP contribution in [0.4, 0.5) is 4.39 Å². The van der Waals surface area contributed by atoms with Crippen LogP contribution in [-0.4, -0.2) is 33.2 Å². The van der Waals surface area contributed by atoms with Gasteiger partial charge >= 0.3 is 0 Å². The van der Waals surface area contributed by atoms with Gasteiger partial charge in [-0.2, -0.15) is 5.10 Å². The Morgan fingerprint density at radius 1 is 1.11 bits per heavy atom. The lowest BCUT2D eigenvalue weighted by Crippen LogP contribution is -2.14. The Kier molecular flexibility index (Phi) is 5.43. The number of hydrogen-bond donors (Lipinski definition) is 2. The molecule has 0 aliphatic carbocycles. The fraction of sp³-hybridized carbons (Fsp3) is 0.185. The Labute approximate surface area is 201 Å². The third kappa shape index (κ3) is 3.67. The molecule has 1 amide bonds. The van der Waals surface area contributed by atoms with E-state index in [0.29, 0.717) is 11.3 Å². The molecule has 3 aromatic heterocycles. The summed E-state index contributed by atoms with van der Waals surface area (Å²) >= 11 is 0. The molecular formula is C27H24FN5O2. The maximum absolute atomic E-state index is 13.9. The fourth-order valence-electron chi connectivity index (χ4n) is 4.63. The van der Waals surface area contributed by atoms with Gasteiger partial charge in [-0.15, -0.1) is 0 Å². The summed E-state index contributed by atoms with van der Waals surface area (Å²) in [6, 6.07) is 11.9. The normalized spacial score (nSPS) is 11.5. The van der Waals surface area contributed by atoms with Crippen LogP contribution in [0, 0.1) is 12.7 Å². The molecule has 176 valence electrons. The van der Waals surface area contributed by atoms with Gasteiger partial charge in [-0.25, -0.2) is 14.4 Å². The van der Waals surface area contributed by atoms with E-state index in [1.54, 1.807) is 30.5 Å². The Hall–Kier alpha value is -4.33. The van der Waals surface area contributed by atoms with Crippen LogP contribution in [0.2, 0.25) is 0 Å². The number of primary amides is 1. The number of hydrogen-bond acceptors (Lipinski definition) is 5. The van der Waals surface area contributed by atoms with E-state index in [0.717, 1.165) is 44.1 Å². The van der Waals surface area contributed by atoms with Crippen molar-refractivity contribution in [2.24, 2.45) is 5.73 Å². The number of ether oxygens (including phenoxy) is 1. The molecule has 3 N–H and O–H groups in total. The number of nitrogens with two attached hydrogens (primary N) is 1.